The molecule has 230 valence electrons. The molecule has 8 heteroatoms. The van der Waals surface area contributed by atoms with Gasteiger partial charge in [0, 0.05) is 41.8 Å². The number of carbonyl (C=O) groups is 2. The average Bonchev–Trinajstić information content (AvgIpc) is 3.74. The normalized spacial score (nSPS) is 16.6. The van der Waals surface area contributed by atoms with E-state index in [1.807, 2.05) is 48.7 Å². The molecule has 2 aromatic carbocycles. The van der Waals surface area contributed by atoms with Crippen LogP contribution in [0.1, 0.15) is 98.1 Å². The summed E-state index contributed by atoms with van der Waals surface area (Å²) >= 11 is 0. The second-order valence-electron chi connectivity index (χ2n) is 13.0. The Morgan fingerprint density at radius 1 is 1.02 bits per heavy atom. The second kappa shape index (κ2) is 11.3. The van der Waals surface area contributed by atoms with Gasteiger partial charge in [-0.2, -0.15) is 0 Å². The number of hydrogen-bond acceptors (Lipinski definition) is 4. The van der Waals surface area contributed by atoms with Crippen LogP contribution in [-0.2, 0) is 17.4 Å². The first-order chi connectivity index (χ1) is 21.8. The number of pyridine rings is 1. The first-order valence-electron chi connectivity index (χ1n) is 16.1. The molecule has 0 atom stereocenters. The highest BCUT2D eigenvalue weighted by molar-refractivity contribution is 6.01. The number of imidazole rings is 1. The molecule has 3 aromatic heterocycles. The lowest BCUT2D eigenvalue weighted by Crippen LogP contribution is -2.52. The van der Waals surface area contributed by atoms with E-state index in [2.05, 4.69) is 47.5 Å². The van der Waals surface area contributed by atoms with Gasteiger partial charge in [0.25, 0.3) is 5.91 Å². The Balaban J connectivity index is 1.27. The predicted molar refractivity (Wildman–Crippen MR) is 177 cm³/mol. The van der Waals surface area contributed by atoms with E-state index in [0.29, 0.717) is 11.5 Å². The third-order valence-electron chi connectivity index (χ3n) is 9.81. The maximum Gasteiger partial charge on any atom is 0.328 e. The van der Waals surface area contributed by atoms with Crippen LogP contribution in [0.15, 0.2) is 66.9 Å². The molecule has 7 rings (SSSR count). The monoisotopic (exact) mass is 601 g/mol. The Morgan fingerprint density at radius 3 is 2.49 bits per heavy atom. The SMILES string of the molecule is CC(C)n1c(C2(NC(=O)c3ccc4c(C5CCCC5)c(-c5ccccn5)n(C)c4c3)CCC2)nc2ccc(C=CC(=O)O)cc21. The summed E-state index contributed by atoms with van der Waals surface area (Å²) in [5.41, 5.74) is 7.13. The number of amides is 1. The van der Waals surface area contributed by atoms with Gasteiger partial charge in [0.15, 0.2) is 0 Å². The van der Waals surface area contributed by atoms with Gasteiger partial charge >= 0.3 is 5.97 Å². The van der Waals surface area contributed by atoms with E-state index in [9.17, 15) is 9.59 Å². The third-order valence-corrected chi connectivity index (χ3v) is 9.81. The third kappa shape index (κ3) is 5.02. The van der Waals surface area contributed by atoms with Gasteiger partial charge in [0.2, 0.25) is 0 Å². The molecule has 0 spiro atoms. The number of carboxylic acid groups (broad SMARTS) is 1. The van der Waals surface area contributed by atoms with Crippen LogP contribution >= 0.6 is 0 Å². The number of aliphatic carboxylic acids is 1. The quantitative estimate of drug-likeness (QED) is 0.177. The van der Waals surface area contributed by atoms with Crippen molar-refractivity contribution in [3.8, 4) is 11.4 Å². The molecule has 2 fully saturated rings. The molecule has 3 heterocycles. The first-order valence-corrected chi connectivity index (χ1v) is 16.1. The maximum absolute atomic E-state index is 14.1. The number of benzene rings is 2. The molecular weight excluding hydrogens is 562 g/mol. The lowest BCUT2D eigenvalue weighted by molar-refractivity contribution is -0.131. The van der Waals surface area contributed by atoms with Gasteiger partial charge in [0.05, 0.1) is 28.0 Å². The summed E-state index contributed by atoms with van der Waals surface area (Å²) in [4.78, 5) is 34.9. The van der Waals surface area contributed by atoms with Crippen molar-refractivity contribution < 1.29 is 14.7 Å². The van der Waals surface area contributed by atoms with Crippen molar-refractivity contribution in [2.75, 3.05) is 0 Å². The highest BCUT2D eigenvalue weighted by Crippen LogP contribution is 2.45. The van der Waals surface area contributed by atoms with E-state index in [4.69, 9.17) is 15.1 Å². The van der Waals surface area contributed by atoms with Crippen molar-refractivity contribution in [2.45, 2.75) is 76.3 Å². The number of nitrogens with one attached hydrogen (secondary N) is 1. The summed E-state index contributed by atoms with van der Waals surface area (Å²) < 4.78 is 4.41. The summed E-state index contributed by atoms with van der Waals surface area (Å²) in [6.07, 6.45) is 12.0. The molecule has 5 aromatic rings. The van der Waals surface area contributed by atoms with Crippen LogP contribution in [0.2, 0.25) is 0 Å². The molecule has 0 bridgehead atoms. The van der Waals surface area contributed by atoms with Crippen LogP contribution in [0.3, 0.4) is 0 Å². The molecule has 1 amide bonds. The Labute approximate surface area is 262 Å². The predicted octanol–water partition coefficient (Wildman–Crippen LogP) is 7.74. The fraction of sp³-hybridized carbons (Fsp3) is 0.351. The van der Waals surface area contributed by atoms with E-state index in [-0.39, 0.29) is 11.9 Å². The fourth-order valence-corrected chi connectivity index (χ4v) is 7.51. The smallest absolute Gasteiger partial charge is 0.328 e. The van der Waals surface area contributed by atoms with Crippen molar-refractivity contribution >= 4 is 39.9 Å². The van der Waals surface area contributed by atoms with Crippen LogP contribution in [0, 0.1) is 0 Å². The zero-order valence-corrected chi connectivity index (χ0v) is 26.1. The second-order valence-corrected chi connectivity index (χ2v) is 13.0. The number of fused-ring (bicyclic) bond motifs is 2. The Bertz CT molecular complexity index is 1960. The number of rotatable bonds is 8. The van der Waals surface area contributed by atoms with Crippen LogP contribution < -0.4 is 5.32 Å². The topological polar surface area (TPSA) is 102 Å². The fourth-order valence-electron chi connectivity index (χ4n) is 7.51. The van der Waals surface area contributed by atoms with Crippen molar-refractivity contribution in [1.82, 2.24) is 24.4 Å². The highest BCUT2D eigenvalue weighted by atomic mass is 16.4. The summed E-state index contributed by atoms with van der Waals surface area (Å²) in [5.74, 6) is 0.257. The van der Waals surface area contributed by atoms with Gasteiger partial charge in [-0.1, -0.05) is 31.0 Å². The van der Waals surface area contributed by atoms with Gasteiger partial charge in [-0.05, 0) is 105 Å². The summed E-state index contributed by atoms with van der Waals surface area (Å²) in [5, 5.41) is 13.7. The molecule has 2 saturated carbocycles. The number of carbonyl (C=O) groups excluding carboxylic acids is 1. The van der Waals surface area contributed by atoms with Crippen LogP contribution in [-0.4, -0.2) is 36.1 Å². The van der Waals surface area contributed by atoms with Gasteiger partial charge < -0.3 is 19.6 Å². The van der Waals surface area contributed by atoms with E-state index >= 15 is 0 Å². The minimum absolute atomic E-state index is 0.0943. The lowest BCUT2D eigenvalue weighted by atomic mass is 9.75. The standard InChI is InChI=1S/C37H39N5O3/c1-23(2)42-31-21-24(13-17-32(43)44)12-16-28(31)39-36(42)37(18-8-19-37)40-35(45)26-14-15-27-30(22-26)41(3)34(29-11-6-7-20-38-29)33(27)25-9-4-5-10-25/h6-7,11-17,20-23,25H,4-5,8-10,18-19H2,1-3H3,(H,40,45)(H,43,44). The zero-order chi connectivity index (χ0) is 31.3. The van der Waals surface area contributed by atoms with Crippen LogP contribution in [0.25, 0.3) is 39.4 Å². The van der Waals surface area contributed by atoms with E-state index in [1.54, 1.807) is 6.08 Å². The average molecular weight is 602 g/mol. The van der Waals surface area contributed by atoms with Crippen molar-refractivity contribution in [2.24, 2.45) is 7.05 Å². The van der Waals surface area contributed by atoms with Crippen LogP contribution in [0.5, 0.6) is 0 Å². The largest absolute Gasteiger partial charge is 0.478 e. The molecule has 2 aliphatic carbocycles. The van der Waals surface area contributed by atoms with Crippen molar-refractivity contribution in [1.29, 1.82) is 0 Å². The number of aryl methyl sites for hydroxylation is 1. The highest BCUT2D eigenvalue weighted by Gasteiger charge is 2.45. The van der Waals surface area contributed by atoms with Gasteiger partial charge in [-0.25, -0.2) is 9.78 Å². The molecule has 0 radical (unpaired) electrons. The number of aromatic nitrogens is 4. The van der Waals surface area contributed by atoms with Gasteiger partial charge in [-0.15, -0.1) is 0 Å². The molecule has 2 aliphatic rings. The Kier molecular flexibility index (Phi) is 7.30. The van der Waals surface area contributed by atoms with Crippen molar-refractivity contribution in [3.63, 3.8) is 0 Å². The Morgan fingerprint density at radius 2 is 1.82 bits per heavy atom. The number of nitrogens with zero attached hydrogens (tertiary/aromatic N) is 4. The summed E-state index contributed by atoms with van der Waals surface area (Å²) in [6, 6.07) is 18.1. The molecule has 0 aliphatic heterocycles. The van der Waals surface area contributed by atoms with Gasteiger partial charge in [0.1, 0.15) is 5.82 Å². The maximum atomic E-state index is 14.1. The van der Waals surface area contributed by atoms with E-state index in [1.165, 1.54) is 36.6 Å². The molecular formula is C37H39N5O3. The van der Waals surface area contributed by atoms with Crippen LogP contribution in [0.4, 0.5) is 0 Å². The summed E-state index contributed by atoms with van der Waals surface area (Å²) in [7, 11) is 2.09. The minimum atomic E-state index is -0.986. The molecule has 8 nitrogen and oxygen atoms in total. The molecule has 2 N–H and O–H groups in total. The zero-order valence-electron chi connectivity index (χ0n) is 26.1. The first kappa shape index (κ1) is 29.0. The number of hydrogen-bond donors (Lipinski definition) is 2. The van der Waals surface area contributed by atoms with E-state index in [0.717, 1.165) is 64.7 Å². The van der Waals surface area contributed by atoms with E-state index < -0.39 is 11.5 Å². The minimum Gasteiger partial charge on any atom is -0.478 e. The molecule has 45 heavy (non-hydrogen) atoms. The Hall–Kier alpha value is -4.72. The molecule has 0 unspecified atom stereocenters. The molecule has 0 saturated heterocycles. The van der Waals surface area contributed by atoms with Crippen molar-refractivity contribution in [3.05, 3.63) is 89.4 Å². The number of carboxylic acids is 1. The summed E-state index contributed by atoms with van der Waals surface area (Å²) in [6.45, 7) is 4.23. The lowest BCUT2D eigenvalue weighted by Gasteiger charge is -2.42. The van der Waals surface area contributed by atoms with Gasteiger partial charge in [-0.3, -0.25) is 9.78 Å².